The summed E-state index contributed by atoms with van der Waals surface area (Å²) in [6, 6.07) is 21.3. The van der Waals surface area contributed by atoms with Gasteiger partial charge in [0, 0.05) is 38.1 Å². The Morgan fingerprint density at radius 1 is 0.893 bits per heavy atom. The van der Waals surface area contributed by atoms with E-state index in [0.29, 0.717) is 23.7 Å². The van der Waals surface area contributed by atoms with Crippen molar-refractivity contribution in [2.45, 2.75) is 0 Å². The highest BCUT2D eigenvalue weighted by Crippen LogP contribution is 2.23. The molecule has 3 aromatic rings. The number of nitrogens with zero attached hydrogens (tertiary/aromatic N) is 3. The van der Waals surface area contributed by atoms with Crippen LogP contribution in [-0.4, -0.2) is 42.0 Å². The van der Waals surface area contributed by atoms with Crippen molar-refractivity contribution in [3.05, 3.63) is 83.5 Å². The lowest BCUT2D eigenvalue weighted by molar-refractivity contribution is 0.0747. The first-order chi connectivity index (χ1) is 13.7. The van der Waals surface area contributed by atoms with Gasteiger partial charge in [0.1, 0.15) is 5.82 Å². The van der Waals surface area contributed by atoms with E-state index in [1.165, 1.54) is 0 Å². The highest BCUT2D eigenvalue weighted by atomic mass is 35.5. The van der Waals surface area contributed by atoms with Gasteiger partial charge in [0.05, 0.1) is 16.3 Å². The zero-order valence-corrected chi connectivity index (χ0v) is 16.1. The van der Waals surface area contributed by atoms with Crippen LogP contribution >= 0.6 is 11.6 Å². The number of anilines is 3. The number of rotatable bonds is 4. The predicted molar refractivity (Wildman–Crippen MR) is 114 cm³/mol. The number of nitrogens with one attached hydrogen (secondary N) is 1. The molecule has 6 heteroatoms. The van der Waals surface area contributed by atoms with Crippen LogP contribution in [0.1, 0.15) is 10.4 Å². The number of hydrogen-bond donors (Lipinski definition) is 1. The fourth-order valence-corrected chi connectivity index (χ4v) is 3.43. The quantitative estimate of drug-likeness (QED) is 0.713. The van der Waals surface area contributed by atoms with Crippen LogP contribution in [0.5, 0.6) is 0 Å². The molecule has 1 aliphatic rings. The van der Waals surface area contributed by atoms with Crippen molar-refractivity contribution in [3.8, 4) is 0 Å². The van der Waals surface area contributed by atoms with Gasteiger partial charge in [0.2, 0.25) is 0 Å². The first-order valence-corrected chi connectivity index (χ1v) is 9.65. The summed E-state index contributed by atoms with van der Waals surface area (Å²) in [5, 5.41) is 3.98. The smallest absolute Gasteiger partial charge is 0.256 e. The van der Waals surface area contributed by atoms with Gasteiger partial charge < -0.3 is 15.1 Å². The third kappa shape index (κ3) is 4.10. The summed E-state index contributed by atoms with van der Waals surface area (Å²) in [5.74, 6) is 0.936. The lowest BCUT2D eigenvalue weighted by Gasteiger charge is -2.35. The number of halogens is 1. The van der Waals surface area contributed by atoms with Gasteiger partial charge in [-0.15, -0.1) is 0 Å². The minimum absolute atomic E-state index is 0.0442. The highest BCUT2D eigenvalue weighted by Gasteiger charge is 2.24. The largest absolute Gasteiger partial charge is 0.355 e. The lowest BCUT2D eigenvalue weighted by atomic mass is 10.1. The molecule has 2 aromatic carbocycles. The number of piperazine rings is 1. The van der Waals surface area contributed by atoms with Crippen LogP contribution in [0.25, 0.3) is 0 Å². The van der Waals surface area contributed by atoms with Gasteiger partial charge in [-0.05, 0) is 36.4 Å². The molecule has 0 radical (unpaired) electrons. The molecule has 5 nitrogen and oxygen atoms in total. The van der Waals surface area contributed by atoms with E-state index in [4.69, 9.17) is 11.6 Å². The number of benzene rings is 2. The van der Waals surface area contributed by atoms with E-state index in [1.54, 1.807) is 6.20 Å². The van der Waals surface area contributed by atoms with Crippen LogP contribution in [0.3, 0.4) is 0 Å². The number of hydrogen-bond acceptors (Lipinski definition) is 4. The second-order valence-electron chi connectivity index (χ2n) is 6.65. The number of carbonyl (C=O) groups excluding carboxylic acids is 1. The second kappa shape index (κ2) is 8.31. The molecule has 1 aromatic heterocycles. The molecule has 4 rings (SSSR count). The van der Waals surface area contributed by atoms with Gasteiger partial charge in [-0.2, -0.15) is 0 Å². The van der Waals surface area contributed by atoms with Crippen molar-refractivity contribution in [3.63, 3.8) is 0 Å². The van der Waals surface area contributed by atoms with Crippen molar-refractivity contribution in [2.75, 3.05) is 36.4 Å². The van der Waals surface area contributed by atoms with Crippen molar-refractivity contribution in [1.29, 1.82) is 0 Å². The maximum Gasteiger partial charge on any atom is 0.256 e. The van der Waals surface area contributed by atoms with Crippen LogP contribution in [0.15, 0.2) is 72.9 Å². The minimum Gasteiger partial charge on any atom is -0.355 e. The molecule has 0 unspecified atom stereocenters. The van der Waals surface area contributed by atoms with Crippen LogP contribution in [0, 0.1) is 0 Å². The molecule has 0 bridgehead atoms. The van der Waals surface area contributed by atoms with Crippen LogP contribution in [0.4, 0.5) is 17.2 Å². The molecule has 1 saturated heterocycles. The monoisotopic (exact) mass is 392 g/mol. The molecule has 1 aliphatic heterocycles. The Labute approximate surface area is 169 Å². The Bertz CT molecular complexity index is 938. The average molecular weight is 393 g/mol. The van der Waals surface area contributed by atoms with Crippen LogP contribution < -0.4 is 10.2 Å². The SMILES string of the molecule is O=C(c1ccccc1Nc1ccccc1)N1CCN(c2ccc(Cl)cn2)CC1. The van der Waals surface area contributed by atoms with E-state index in [0.717, 1.165) is 30.3 Å². The van der Waals surface area contributed by atoms with Gasteiger partial charge in [0.25, 0.3) is 5.91 Å². The number of amides is 1. The summed E-state index contributed by atoms with van der Waals surface area (Å²) in [6.07, 6.45) is 1.65. The summed E-state index contributed by atoms with van der Waals surface area (Å²) in [5.41, 5.74) is 2.46. The summed E-state index contributed by atoms with van der Waals surface area (Å²) < 4.78 is 0. The van der Waals surface area contributed by atoms with Gasteiger partial charge in [-0.1, -0.05) is 41.9 Å². The van der Waals surface area contributed by atoms with Gasteiger partial charge in [-0.25, -0.2) is 4.98 Å². The second-order valence-corrected chi connectivity index (χ2v) is 7.09. The molecule has 0 spiro atoms. The highest BCUT2D eigenvalue weighted by molar-refractivity contribution is 6.30. The van der Waals surface area contributed by atoms with E-state index in [9.17, 15) is 4.79 Å². The van der Waals surface area contributed by atoms with Crippen molar-refractivity contribution in [2.24, 2.45) is 0 Å². The fourth-order valence-electron chi connectivity index (χ4n) is 3.32. The van der Waals surface area contributed by atoms with Crippen molar-refractivity contribution in [1.82, 2.24) is 9.88 Å². The third-order valence-electron chi connectivity index (χ3n) is 4.81. The summed E-state index contributed by atoms with van der Waals surface area (Å²) in [4.78, 5) is 21.6. The summed E-state index contributed by atoms with van der Waals surface area (Å²) >= 11 is 5.92. The number of para-hydroxylation sites is 2. The molecule has 28 heavy (non-hydrogen) atoms. The zero-order valence-electron chi connectivity index (χ0n) is 15.4. The Hall–Kier alpha value is -3.05. The zero-order chi connectivity index (χ0) is 19.3. The molecule has 1 N–H and O–H groups in total. The van der Waals surface area contributed by atoms with Crippen LogP contribution in [-0.2, 0) is 0 Å². The Kier molecular flexibility index (Phi) is 5.44. The predicted octanol–water partition coefficient (Wildman–Crippen LogP) is 4.44. The Morgan fingerprint density at radius 2 is 1.61 bits per heavy atom. The average Bonchev–Trinajstić information content (AvgIpc) is 2.75. The van der Waals surface area contributed by atoms with E-state index in [2.05, 4.69) is 15.2 Å². The molecule has 2 heterocycles. The normalized spacial score (nSPS) is 14.0. The Balaban J connectivity index is 1.45. The number of aromatic nitrogens is 1. The fraction of sp³-hybridized carbons (Fsp3) is 0.182. The van der Waals surface area contributed by atoms with E-state index >= 15 is 0 Å². The van der Waals surface area contributed by atoms with Crippen molar-refractivity contribution < 1.29 is 4.79 Å². The first kappa shape index (κ1) is 18.3. The van der Waals surface area contributed by atoms with Crippen molar-refractivity contribution >= 4 is 34.7 Å². The first-order valence-electron chi connectivity index (χ1n) is 9.27. The van der Waals surface area contributed by atoms with Gasteiger partial charge in [0.15, 0.2) is 0 Å². The molecule has 0 saturated carbocycles. The van der Waals surface area contributed by atoms with Gasteiger partial charge in [-0.3, -0.25) is 4.79 Å². The van der Waals surface area contributed by atoms with E-state index in [1.807, 2.05) is 71.6 Å². The summed E-state index contributed by atoms with van der Waals surface area (Å²) in [6.45, 7) is 2.80. The topological polar surface area (TPSA) is 48.5 Å². The van der Waals surface area contributed by atoms with E-state index in [-0.39, 0.29) is 5.91 Å². The molecule has 0 atom stereocenters. The molecule has 0 aliphatic carbocycles. The summed E-state index contributed by atoms with van der Waals surface area (Å²) in [7, 11) is 0. The van der Waals surface area contributed by atoms with Crippen LogP contribution in [0.2, 0.25) is 5.02 Å². The lowest BCUT2D eigenvalue weighted by Crippen LogP contribution is -2.49. The number of carbonyl (C=O) groups is 1. The van der Waals surface area contributed by atoms with E-state index < -0.39 is 0 Å². The molecule has 1 fully saturated rings. The minimum atomic E-state index is 0.0442. The standard InChI is InChI=1S/C22H21ClN4O/c23-17-10-11-21(24-16-17)26-12-14-27(15-13-26)22(28)19-8-4-5-9-20(19)25-18-6-2-1-3-7-18/h1-11,16,25H,12-15H2. The molecular weight excluding hydrogens is 372 g/mol. The molecule has 142 valence electrons. The molecular formula is C22H21ClN4O. The maximum atomic E-state index is 13.1. The maximum absolute atomic E-state index is 13.1. The number of pyridine rings is 1. The third-order valence-corrected chi connectivity index (χ3v) is 5.04. The van der Waals surface area contributed by atoms with Gasteiger partial charge >= 0.3 is 0 Å². The molecule has 1 amide bonds. The Morgan fingerprint density at radius 3 is 2.32 bits per heavy atom.